The number of nitrogens with one attached hydrogen (secondary N) is 1. The molecule has 2 heterocycles. The Hall–Kier alpha value is -2.43. The number of anilines is 1. The number of hydrogen-bond acceptors (Lipinski definition) is 4. The van der Waals surface area contributed by atoms with Crippen molar-refractivity contribution in [3.63, 3.8) is 0 Å². The number of fused-ring (bicyclic) bond motifs is 1. The molecule has 0 radical (unpaired) electrons. The number of rotatable bonds is 2. The number of oxime groups is 1. The summed E-state index contributed by atoms with van der Waals surface area (Å²) in [6.45, 7) is 6.91. The molecule has 27 heavy (non-hydrogen) atoms. The van der Waals surface area contributed by atoms with Crippen LogP contribution in [0.2, 0.25) is 0 Å². The Morgan fingerprint density at radius 1 is 1.19 bits per heavy atom. The fraction of sp³-hybridized carbons (Fsp3) is 0.500. The van der Waals surface area contributed by atoms with Gasteiger partial charge in [0.05, 0.1) is 0 Å². The molecule has 1 spiro atoms. The van der Waals surface area contributed by atoms with Crippen LogP contribution in [0.4, 0.5) is 5.82 Å². The van der Waals surface area contributed by atoms with Crippen LogP contribution in [0.1, 0.15) is 52.9 Å². The summed E-state index contributed by atoms with van der Waals surface area (Å²) < 4.78 is 0. The molecule has 0 bridgehead atoms. The minimum Gasteiger partial charge on any atom is -0.388 e. The van der Waals surface area contributed by atoms with Gasteiger partial charge in [0.1, 0.15) is 17.1 Å². The third-order valence-corrected chi connectivity index (χ3v) is 6.13. The summed E-state index contributed by atoms with van der Waals surface area (Å²) in [5.74, 6) is 1.05. The van der Waals surface area contributed by atoms with E-state index in [1.165, 1.54) is 0 Å². The molecule has 1 fully saturated rings. The van der Waals surface area contributed by atoms with E-state index in [4.69, 9.17) is 4.84 Å². The van der Waals surface area contributed by atoms with Crippen LogP contribution in [0.5, 0.6) is 0 Å². The van der Waals surface area contributed by atoms with E-state index in [1.807, 2.05) is 30.3 Å². The predicted molar refractivity (Wildman–Crippen MR) is 108 cm³/mol. The third kappa shape index (κ3) is 3.55. The molecule has 4 rings (SSSR count). The predicted octanol–water partition coefficient (Wildman–Crippen LogP) is 4.92. The Bertz CT molecular complexity index is 885. The van der Waals surface area contributed by atoms with Crippen LogP contribution < -0.4 is 5.32 Å². The van der Waals surface area contributed by atoms with Gasteiger partial charge in [-0.1, -0.05) is 50.2 Å². The monoisotopic (exact) mass is 365 g/mol. The Kier molecular flexibility index (Phi) is 4.41. The van der Waals surface area contributed by atoms with E-state index >= 15 is 0 Å². The summed E-state index contributed by atoms with van der Waals surface area (Å²) in [5, 5.41) is 9.04. The molecule has 0 atom stereocenters. The molecule has 5 nitrogen and oxygen atoms in total. The van der Waals surface area contributed by atoms with Gasteiger partial charge in [-0.25, -0.2) is 4.98 Å². The second kappa shape index (κ2) is 6.63. The minimum absolute atomic E-state index is 0.214. The zero-order valence-electron chi connectivity index (χ0n) is 16.3. The normalized spacial score (nSPS) is 25.3. The average Bonchev–Trinajstić information content (AvgIpc) is 3.05. The highest BCUT2D eigenvalue weighted by atomic mass is 16.7. The molecule has 142 valence electrons. The Balaban J connectivity index is 1.43. The van der Waals surface area contributed by atoms with Crippen LogP contribution in [0, 0.1) is 11.3 Å². The van der Waals surface area contributed by atoms with Crippen LogP contribution in [0.3, 0.4) is 0 Å². The number of aromatic nitrogens is 1. The van der Waals surface area contributed by atoms with Gasteiger partial charge in [0.25, 0.3) is 5.91 Å². The fourth-order valence-corrected chi connectivity index (χ4v) is 4.32. The number of pyridine rings is 1. The third-order valence-electron chi connectivity index (χ3n) is 6.13. The van der Waals surface area contributed by atoms with Crippen molar-refractivity contribution < 1.29 is 9.63 Å². The maximum atomic E-state index is 12.7. The van der Waals surface area contributed by atoms with Gasteiger partial charge in [-0.05, 0) is 48.5 Å². The van der Waals surface area contributed by atoms with Gasteiger partial charge in [0.2, 0.25) is 0 Å². The topological polar surface area (TPSA) is 63.6 Å². The van der Waals surface area contributed by atoms with Crippen molar-refractivity contribution in [2.75, 3.05) is 5.32 Å². The first-order chi connectivity index (χ1) is 12.9. The number of hydrogen-bond donors (Lipinski definition) is 1. The molecule has 1 aromatic heterocycles. The summed E-state index contributed by atoms with van der Waals surface area (Å²) >= 11 is 0. The molecule has 2 aromatic rings. The first-order valence-electron chi connectivity index (χ1n) is 9.76. The molecular formula is C22H27N3O2. The van der Waals surface area contributed by atoms with Crippen molar-refractivity contribution in [1.29, 1.82) is 0 Å². The van der Waals surface area contributed by atoms with Crippen molar-refractivity contribution in [2.45, 2.75) is 58.5 Å². The maximum absolute atomic E-state index is 12.7. The van der Waals surface area contributed by atoms with Crippen molar-refractivity contribution in [1.82, 2.24) is 4.98 Å². The van der Waals surface area contributed by atoms with E-state index in [1.54, 1.807) is 6.20 Å². The van der Waals surface area contributed by atoms with Crippen LogP contribution in [-0.4, -0.2) is 22.2 Å². The summed E-state index contributed by atoms with van der Waals surface area (Å²) in [4.78, 5) is 22.9. The van der Waals surface area contributed by atoms with Gasteiger partial charge in [0.15, 0.2) is 0 Å². The van der Waals surface area contributed by atoms with Gasteiger partial charge in [-0.15, -0.1) is 0 Å². The molecule has 1 N–H and O–H groups in total. The van der Waals surface area contributed by atoms with Gasteiger partial charge in [0, 0.05) is 18.0 Å². The molecule has 5 heteroatoms. The highest BCUT2D eigenvalue weighted by molar-refractivity contribution is 6.43. The molecular weight excluding hydrogens is 338 g/mol. The smallest absolute Gasteiger partial charge is 0.274 e. The lowest BCUT2D eigenvalue weighted by Crippen LogP contribution is -2.38. The second-order valence-electron chi connectivity index (χ2n) is 8.96. The second-order valence-corrected chi connectivity index (χ2v) is 8.96. The molecule has 1 saturated carbocycles. The van der Waals surface area contributed by atoms with Gasteiger partial charge < -0.3 is 10.2 Å². The SMILES string of the molecule is CC(C)(C)C1CCC2(CC1)CC(C(=O)Nc1nccc3ccccc13)=NO2. The Morgan fingerprint density at radius 2 is 1.93 bits per heavy atom. The Morgan fingerprint density at radius 3 is 2.67 bits per heavy atom. The minimum atomic E-state index is -0.291. The maximum Gasteiger partial charge on any atom is 0.274 e. The Labute approximate surface area is 160 Å². The summed E-state index contributed by atoms with van der Waals surface area (Å²) in [6.07, 6.45) is 6.46. The first kappa shape index (κ1) is 18.0. The van der Waals surface area contributed by atoms with Crippen molar-refractivity contribution >= 4 is 28.2 Å². The number of amides is 1. The highest BCUT2D eigenvalue weighted by Crippen LogP contribution is 2.46. The van der Waals surface area contributed by atoms with Crippen LogP contribution in [0.15, 0.2) is 41.7 Å². The summed E-state index contributed by atoms with van der Waals surface area (Å²) in [6, 6.07) is 9.81. The lowest BCUT2D eigenvalue weighted by Gasteiger charge is -2.40. The van der Waals surface area contributed by atoms with Gasteiger partial charge >= 0.3 is 0 Å². The quantitative estimate of drug-likeness (QED) is 0.821. The fourth-order valence-electron chi connectivity index (χ4n) is 4.32. The average molecular weight is 365 g/mol. The van der Waals surface area contributed by atoms with E-state index in [2.05, 4.69) is 36.2 Å². The molecule has 0 saturated heterocycles. The molecule has 1 aromatic carbocycles. The molecule has 1 aliphatic carbocycles. The van der Waals surface area contributed by atoms with E-state index in [-0.39, 0.29) is 11.5 Å². The lowest BCUT2D eigenvalue weighted by molar-refractivity contribution is -0.110. The summed E-state index contributed by atoms with van der Waals surface area (Å²) in [7, 11) is 0. The largest absolute Gasteiger partial charge is 0.388 e. The molecule has 2 aliphatic rings. The van der Waals surface area contributed by atoms with Crippen molar-refractivity contribution in [3.8, 4) is 0 Å². The zero-order chi connectivity index (χ0) is 19.1. The first-order valence-corrected chi connectivity index (χ1v) is 9.76. The van der Waals surface area contributed by atoms with Gasteiger partial charge in [-0.2, -0.15) is 0 Å². The van der Waals surface area contributed by atoms with E-state index in [0.29, 0.717) is 29.3 Å². The van der Waals surface area contributed by atoms with Crippen LogP contribution in [-0.2, 0) is 9.63 Å². The van der Waals surface area contributed by atoms with Crippen LogP contribution >= 0.6 is 0 Å². The summed E-state index contributed by atoms with van der Waals surface area (Å²) in [5.41, 5.74) is 0.501. The number of nitrogens with zero attached hydrogens (tertiary/aromatic N) is 2. The standard InChI is InChI=1S/C22H27N3O2/c1-21(2,3)16-8-11-22(12-9-16)14-18(25-27-22)20(26)24-19-17-7-5-4-6-15(17)10-13-23-19/h4-7,10,13,16H,8-9,11-12,14H2,1-3H3,(H,23,24,26). The van der Waals surface area contributed by atoms with E-state index in [0.717, 1.165) is 36.5 Å². The number of carbonyl (C=O) groups is 1. The molecule has 1 aliphatic heterocycles. The highest BCUT2D eigenvalue weighted by Gasteiger charge is 2.45. The number of benzene rings is 1. The molecule has 0 unspecified atom stereocenters. The van der Waals surface area contributed by atoms with E-state index < -0.39 is 0 Å². The van der Waals surface area contributed by atoms with Crippen molar-refractivity contribution in [3.05, 3.63) is 36.5 Å². The van der Waals surface area contributed by atoms with Gasteiger partial charge in [-0.3, -0.25) is 4.79 Å². The van der Waals surface area contributed by atoms with Crippen LogP contribution in [0.25, 0.3) is 10.8 Å². The molecule has 1 amide bonds. The van der Waals surface area contributed by atoms with E-state index in [9.17, 15) is 4.79 Å². The zero-order valence-corrected chi connectivity index (χ0v) is 16.3. The number of carbonyl (C=O) groups excluding carboxylic acids is 1. The van der Waals surface area contributed by atoms with Crippen molar-refractivity contribution in [2.24, 2.45) is 16.5 Å². The lowest BCUT2D eigenvalue weighted by atomic mass is 9.67.